The van der Waals surface area contributed by atoms with Gasteiger partial charge in [0.1, 0.15) is 0 Å². The number of rotatable bonds is 6. The quantitative estimate of drug-likeness (QED) is 0.580. The molecule has 1 spiro atoms. The van der Waals surface area contributed by atoms with Crippen LogP contribution in [-0.4, -0.2) is 48.6 Å². The number of nitrogens with one attached hydrogen (secondary N) is 1. The van der Waals surface area contributed by atoms with E-state index in [1.54, 1.807) is 31.3 Å². The van der Waals surface area contributed by atoms with Crippen molar-refractivity contribution in [2.75, 3.05) is 32.1 Å². The van der Waals surface area contributed by atoms with Crippen molar-refractivity contribution >= 4 is 11.6 Å². The monoisotopic (exact) mass is 411 g/mol. The molecule has 2 aliphatic rings. The predicted octanol–water partition coefficient (Wildman–Crippen LogP) is 3.01. The first kappa shape index (κ1) is 20.2. The fourth-order valence-corrected chi connectivity index (χ4v) is 4.88. The molecule has 4 rings (SSSR count). The molecule has 3 atom stereocenters. The maximum absolute atomic E-state index is 13.2. The highest BCUT2D eigenvalue weighted by Crippen LogP contribution is 2.52. The molecule has 0 unspecified atom stereocenters. The molecule has 2 heterocycles. The molecule has 8 heteroatoms. The number of fused-ring (bicyclic) bond motifs is 2. The van der Waals surface area contributed by atoms with E-state index < -0.39 is 17.5 Å². The van der Waals surface area contributed by atoms with Gasteiger partial charge >= 0.3 is 0 Å². The molecule has 0 bridgehead atoms. The number of carbonyl (C=O) groups is 1. The number of carbonyl (C=O) groups excluding carboxylic acids is 1. The average molecular weight is 411 g/mol. The molecule has 2 aromatic carbocycles. The number of ether oxygens (including phenoxy) is 2. The van der Waals surface area contributed by atoms with E-state index in [-0.39, 0.29) is 10.8 Å². The number of nitro groups is 1. The number of anilines is 1. The SMILES string of the molecule is CCOc1ccc([C@@H]2CN(C)[C@]3(C(=O)Nc4ccccc43)[C@@H]2[N+](=O)[O-])cc1OCC. The Morgan fingerprint density at radius 3 is 2.57 bits per heavy atom. The Kier molecular flexibility index (Phi) is 5.11. The molecule has 1 saturated heterocycles. The molecule has 1 N–H and O–H groups in total. The second kappa shape index (κ2) is 7.60. The third-order valence-corrected chi connectivity index (χ3v) is 6.04. The van der Waals surface area contributed by atoms with Gasteiger partial charge in [-0.05, 0) is 44.7 Å². The van der Waals surface area contributed by atoms with Crippen LogP contribution in [0.1, 0.15) is 30.9 Å². The van der Waals surface area contributed by atoms with Gasteiger partial charge in [-0.2, -0.15) is 0 Å². The highest BCUT2D eigenvalue weighted by molar-refractivity contribution is 6.06. The zero-order valence-electron chi connectivity index (χ0n) is 17.3. The third-order valence-electron chi connectivity index (χ3n) is 6.04. The smallest absolute Gasteiger partial charge is 0.256 e. The minimum atomic E-state index is -1.35. The summed E-state index contributed by atoms with van der Waals surface area (Å²) >= 11 is 0. The number of hydrogen-bond donors (Lipinski definition) is 1. The Balaban J connectivity index is 1.83. The van der Waals surface area contributed by atoms with E-state index in [1.807, 2.05) is 36.9 Å². The Labute approximate surface area is 174 Å². The Morgan fingerprint density at radius 2 is 1.87 bits per heavy atom. The molecule has 2 aliphatic heterocycles. The lowest BCUT2D eigenvalue weighted by molar-refractivity contribution is -0.534. The lowest BCUT2D eigenvalue weighted by atomic mass is 9.79. The average Bonchev–Trinajstić information content (AvgIpc) is 3.19. The van der Waals surface area contributed by atoms with E-state index in [4.69, 9.17) is 9.47 Å². The fourth-order valence-electron chi connectivity index (χ4n) is 4.88. The summed E-state index contributed by atoms with van der Waals surface area (Å²) in [7, 11) is 1.77. The molecule has 2 aromatic rings. The molecule has 30 heavy (non-hydrogen) atoms. The van der Waals surface area contributed by atoms with Crippen LogP contribution in [-0.2, 0) is 10.3 Å². The van der Waals surface area contributed by atoms with Gasteiger partial charge in [-0.25, -0.2) is 0 Å². The second-order valence-electron chi connectivity index (χ2n) is 7.56. The highest BCUT2D eigenvalue weighted by atomic mass is 16.6. The third kappa shape index (κ3) is 2.82. The van der Waals surface area contributed by atoms with Crippen molar-refractivity contribution in [3.05, 3.63) is 63.7 Å². The van der Waals surface area contributed by atoms with Crippen molar-refractivity contribution in [3.63, 3.8) is 0 Å². The minimum absolute atomic E-state index is 0.313. The Morgan fingerprint density at radius 1 is 1.17 bits per heavy atom. The molecular formula is C22H25N3O5. The van der Waals surface area contributed by atoms with E-state index in [0.29, 0.717) is 42.5 Å². The number of nitrogens with zero attached hydrogens (tertiary/aromatic N) is 2. The van der Waals surface area contributed by atoms with Gasteiger partial charge in [0.2, 0.25) is 0 Å². The molecule has 0 radical (unpaired) electrons. The lowest BCUT2D eigenvalue weighted by Gasteiger charge is -2.30. The molecule has 8 nitrogen and oxygen atoms in total. The number of likely N-dealkylation sites (tertiary alicyclic amines) is 1. The van der Waals surface area contributed by atoms with Gasteiger partial charge in [-0.1, -0.05) is 24.3 Å². The zero-order valence-corrected chi connectivity index (χ0v) is 17.3. The van der Waals surface area contributed by atoms with Crippen LogP contribution in [0.15, 0.2) is 42.5 Å². The summed E-state index contributed by atoms with van der Waals surface area (Å²) in [6, 6.07) is 11.5. The summed E-state index contributed by atoms with van der Waals surface area (Å²) in [5.41, 5.74) is 0.681. The first-order chi connectivity index (χ1) is 14.4. The van der Waals surface area contributed by atoms with E-state index in [9.17, 15) is 14.9 Å². The van der Waals surface area contributed by atoms with Gasteiger partial charge in [-0.15, -0.1) is 0 Å². The van der Waals surface area contributed by atoms with Gasteiger partial charge in [0.25, 0.3) is 11.9 Å². The molecule has 1 amide bonds. The number of hydrogen-bond acceptors (Lipinski definition) is 6. The van der Waals surface area contributed by atoms with E-state index in [2.05, 4.69) is 5.32 Å². The van der Waals surface area contributed by atoms with E-state index >= 15 is 0 Å². The van der Waals surface area contributed by atoms with Gasteiger partial charge in [0.05, 0.1) is 19.1 Å². The van der Waals surface area contributed by atoms with Crippen LogP contribution < -0.4 is 14.8 Å². The summed E-state index contributed by atoms with van der Waals surface area (Å²) in [4.78, 5) is 27.0. The standard InChI is InChI=1S/C22H25N3O5/c1-4-29-18-11-10-14(12-19(18)30-5-2)15-13-24(3)22(20(15)25(27)28)16-8-6-7-9-17(16)23-21(22)26/h6-12,15,20H,4-5,13H2,1-3H3,(H,23,26)/t15-,20+,22-/m0/s1. The molecule has 158 valence electrons. The van der Waals surface area contributed by atoms with Crippen LogP contribution in [0, 0.1) is 10.1 Å². The summed E-state index contributed by atoms with van der Waals surface area (Å²) < 4.78 is 11.3. The van der Waals surface area contributed by atoms with Gasteiger partial charge in [-0.3, -0.25) is 19.8 Å². The normalized spacial score (nSPS) is 25.2. The summed E-state index contributed by atoms with van der Waals surface area (Å²) in [6.07, 6.45) is 0. The van der Waals surface area contributed by atoms with Crippen LogP contribution in [0.3, 0.4) is 0 Å². The van der Waals surface area contributed by atoms with Crippen LogP contribution in [0.25, 0.3) is 0 Å². The van der Waals surface area contributed by atoms with Crippen LogP contribution in [0.2, 0.25) is 0 Å². The van der Waals surface area contributed by atoms with Gasteiger partial charge in [0.15, 0.2) is 17.0 Å². The van der Waals surface area contributed by atoms with Crippen molar-refractivity contribution in [2.24, 2.45) is 0 Å². The van der Waals surface area contributed by atoms with Crippen molar-refractivity contribution in [2.45, 2.75) is 31.3 Å². The predicted molar refractivity (Wildman–Crippen MR) is 112 cm³/mol. The Bertz CT molecular complexity index is 994. The van der Waals surface area contributed by atoms with Crippen molar-refractivity contribution in [3.8, 4) is 11.5 Å². The highest BCUT2D eigenvalue weighted by Gasteiger charge is 2.68. The number of benzene rings is 2. The second-order valence-corrected chi connectivity index (χ2v) is 7.56. The molecule has 0 saturated carbocycles. The topological polar surface area (TPSA) is 93.9 Å². The van der Waals surface area contributed by atoms with E-state index in [0.717, 1.165) is 5.56 Å². The first-order valence-electron chi connectivity index (χ1n) is 10.1. The molecule has 1 fully saturated rings. The molecular weight excluding hydrogens is 386 g/mol. The minimum Gasteiger partial charge on any atom is -0.490 e. The van der Waals surface area contributed by atoms with Crippen LogP contribution >= 0.6 is 0 Å². The van der Waals surface area contributed by atoms with Crippen molar-refractivity contribution < 1.29 is 19.2 Å². The zero-order chi connectivity index (χ0) is 21.5. The lowest BCUT2D eigenvalue weighted by Crippen LogP contribution is -2.54. The van der Waals surface area contributed by atoms with Crippen molar-refractivity contribution in [1.82, 2.24) is 4.90 Å². The first-order valence-corrected chi connectivity index (χ1v) is 10.1. The largest absolute Gasteiger partial charge is 0.490 e. The van der Waals surface area contributed by atoms with E-state index in [1.165, 1.54) is 0 Å². The van der Waals surface area contributed by atoms with Gasteiger partial charge < -0.3 is 14.8 Å². The fraction of sp³-hybridized carbons (Fsp3) is 0.409. The van der Waals surface area contributed by atoms with Crippen molar-refractivity contribution in [1.29, 1.82) is 0 Å². The number of para-hydroxylation sites is 1. The maximum atomic E-state index is 13.2. The maximum Gasteiger partial charge on any atom is 0.256 e. The van der Waals surface area contributed by atoms with Gasteiger partial charge in [0, 0.05) is 22.7 Å². The number of amides is 1. The molecule has 0 aromatic heterocycles. The summed E-state index contributed by atoms with van der Waals surface area (Å²) in [5, 5.41) is 15.2. The number of likely N-dealkylation sites (N-methyl/N-ethyl adjacent to an activating group) is 1. The van der Waals surface area contributed by atoms with Crippen LogP contribution in [0.5, 0.6) is 11.5 Å². The Hall–Kier alpha value is -3.13. The van der Waals surface area contributed by atoms with Crippen LogP contribution in [0.4, 0.5) is 5.69 Å². The summed E-state index contributed by atoms with van der Waals surface area (Å²) in [5.74, 6) is 0.313. The molecule has 0 aliphatic carbocycles. The summed E-state index contributed by atoms with van der Waals surface area (Å²) in [6.45, 7) is 5.07.